The van der Waals surface area contributed by atoms with E-state index in [9.17, 15) is 4.79 Å². The fraction of sp³-hybridized carbons (Fsp3) is 0.389. The molecule has 1 aromatic heterocycles. The summed E-state index contributed by atoms with van der Waals surface area (Å²) in [7, 11) is 0. The summed E-state index contributed by atoms with van der Waals surface area (Å²) in [4.78, 5) is 11.9. The Labute approximate surface area is 131 Å². The lowest BCUT2D eigenvalue weighted by molar-refractivity contribution is 0.0952. The number of carbonyl (C=O) groups is 1. The zero-order chi connectivity index (χ0) is 15.8. The molecule has 22 heavy (non-hydrogen) atoms. The van der Waals surface area contributed by atoms with Gasteiger partial charge in [0.25, 0.3) is 5.91 Å². The molecule has 0 fully saturated rings. The van der Waals surface area contributed by atoms with Crippen LogP contribution < -0.4 is 10.1 Å². The molecule has 4 nitrogen and oxygen atoms in total. The fourth-order valence-corrected chi connectivity index (χ4v) is 2.12. The van der Waals surface area contributed by atoms with E-state index in [2.05, 4.69) is 12.2 Å². The van der Waals surface area contributed by atoms with Gasteiger partial charge in [-0.25, -0.2) is 0 Å². The Hall–Kier alpha value is -2.23. The summed E-state index contributed by atoms with van der Waals surface area (Å²) >= 11 is 0. The monoisotopic (exact) mass is 301 g/mol. The summed E-state index contributed by atoms with van der Waals surface area (Å²) in [6.07, 6.45) is 4.52. The molecule has 1 amide bonds. The molecule has 0 aliphatic heterocycles. The van der Waals surface area contributed by atoms with Gasteiger partial charge in [-0.15, -0.1) is 0 Å². The number of rotatable bonds is 8. The van der Waals surface area contributed by atoms with Gasteiger partial charge in [0.05, 0.1) is 18.4 Å². The number of furan rings is 1. The van der Waals surface area contributed by atoms with Crippen LogP contribution in [0.5, 0.6) is 5.75 Å². The lowest BCUT2D eigenvalue weighted by Crippen LogP contribution is -2.25. The van der Waals surface area contributed by atoms with Gasteiger partial charge in [0.1, 0.15) is 11.5 Å². The SMILES string of the molecule is CCCCOc1ccc(CCNC(=O)c2ccoc2C)cc1. The number of unbranched alkanes of at least 4 members (excludes halogenated alkanes) is 1. The van der Waals surface area contributed by atoms with Crippen molar-refractivity contribution in [1.82, 2.24) is 5.32 Å². The Morgan fingerprint density at radius 3 is 2.64 bits per heavy atom. The maximum absolute atomic E-state index is 11.9. The lowest BCUT2D eigenvalue weighted by atomic mass is 10.1. The minimum atomic E-state index is -0.0919. The van der Waals surface area contributed by atoms with Crippen molar-refractivity contribution in [2.45, 2.75) is 33.1 Å². The van der Waals surface area contributed by atoms with E-state index in [1.807, 2.05) is 24.3 Å². The Balaban J connectivity index is 1.75. The van der Waals surface area contributed by atoms with Crippen LogP contribution in [0, 0.1) is 6.92 Å². The average molecular weight is 301 g/mol. The van der Waals surface area contributed by atoms with Crippen LogP contribution in [0.15, 0.2) is 41.0 Å². The van der Waals surface area contributed by atoms with E-state index in [-0.39, 0.29) is 5.91 Å². The highest BCUT2D eigenvalue weighted by Crippen LogP contribution is 2.13. The van der Waals surface area contributed by atoms with Crippen molar-refractivity contribution < 1.29 is 13.9 Å². The van der Waals surface area contributed by atoms with Crippen molar-refractivity contribution in [3.05, 3.63) is 53.5 Å². The van der Waals surface area contributed by atoms with Crippen LogP contribution in [0.25, 0.3) is 0 Å². The first kappa shape index (κ1) is 16.1. The van der Waals surface area contributed by atoms with Crippen LogP contribution in [0.3, 0.4) is 0 Å². The molecule has 4 heteroatoms. The highest BCUT2D eigenvalue weighted by molar-refractivity contribution is 5.95. The fourth-order valence-electron chi connectivity index (χ4n) is 2.12. The Kier molecular flexibility index (Phi) is 6.07. The molecule has 0 radical (unpaired) electrons. The van der Waals surface area contributed by atoms with Crippen molar-refractivity contribution >= 4 is 5.91 Å². The molecule has 0 aliphatic rings. The summed E-state index contributed by atoms with van der Waals surface area (Å²) < 4.78 is 10.8. The van der Waals surface area contributed by atoms with Crippen molar-refractivity contribution in [2.24, 2.45) is 0 Å². The highest BCUT2D eigenvalue weighted by Gasteiger charge is 2.10. The van der Waals surface area contributed by atoms with Gasteiger partial charge < -0.3 is 14.5 Å². The van der Waals surface area contributed by atoms with Crippen LogP contribution in [-0.4, -0.2) is 19.1 Å². The molecule has 1 N–H and O–H groups in total. The molecule has 1 aromatic carbocycles. The topological polar surface area (TPSA) is 51.5 Å². The standard InChI is InChI=1S/C18H23NO3/c1-3-4-12-22-16-7-5-15(6-8-16)9-11-19-18(20)17-10-13-21-14(17)2/h5-8,10,13H,3-4,9,11-12H2,1-2H3,(H,19,20). The van der Waals surface area contributed by atoms with Gasteiger partial charge in [-0.3, -0.25) is 4.79 Å². The minimum absolute atomic E-state index is 0.0919. The molecule has 0 atom stereocenters. The number of amides is 1. The molecule has 0 spiro atoms. The van der Waals surface area contributed by atoms with Crippen molar-refractivity contribution in [3.63, 3.8) is 0 Å². The number of hydrogen-bond acceptors (Lipinski definition) is 3. The predicted molar refractivity (Wildman–Crippen MR) is 86.3 cm³/mol. The Morgan fingerprint density at radius 1 is 1.23 bits per heavy atom. The molecule has 0 saturated heterocycles. The quantitative estimate of drug-likeness (QED) is 0.756. The summed E-state index contributed by atoms with van der Waals surface area (Å²) in [5, 5.41) is 2.90. The number of carbonyl (C=O) groups excluding carboxylic acids is 1. The van der Waals surface area contributed by atoms with Gasteiger partial charge >= 0.3 is 0 Å². The molecular formula is C18H23NO3. The molecular weight excluding hydrogens is 278 g/mol. The second kappa shape index (κ2) is 8.27. The summed E-state index contributed by atoms with van der Waals surface area (Å²) in [6.45, 7) is 5.29. The zero-order valence-electron chi connectivity index (χ0n) is 13.2. The summed E-state index contributed by atoms with van der Waals surface area (Å²) in [5.74, 6) is 1.45. The normalized spacial score (nSPS) is 10.5. The second-order valence-corrected chi connectivity index (χ2v) is 5.24. The van der Waals surface area contributed by atoms with Gasteiger partial charge in [0, 0.05) is 6.54 Å². The molecule has 0 saturated carbocycles. The first-order valence-electron chi connectivity index (χ1n) is 7.74. The lowest BCUT2D eigenvalue weighted by Gasteiger charge is -2.07. The van der Waals surface area contributed by atoms with Gasteiger partial charge in [-0.05, 0) is 43.5 Å². The maximum Gasteiger partial charge on any atom is 0.254 e. The summed E-state index contributed by atoms with van der Waals surface area (Å²) in [5.41, 5.74) is 1.77. The van der Waals surface area contributed by atoms with Gasteiger partial charge in [-0.1, -0.05) is 25.5 Å². The molecule has 2 aromatic rings. The third-order valence-electron chi connectivity index (χ3n) is 3.49. The summed E-state index contributed by atoms with van der Waals surface area (Å²) in [6, 6.07) is 9.72. The third kappa shape index (κ3) is 4.65. The van der Waals surface area contributed by atoms with Crippen LogP contribution >= 0.6 is 0 Å². The first-order chi connectivity index (χ1) is 10.7. The highest BCUT2D eigenvalue weighted by atomic mass is 16.5. The van der Waals surface area contributed by atoms with E-state index in [1.54, 1.807) is 13.0 Å². The van der Waals surface area contributed by atoms with E-state index in [0.29, 0.717) is 17.9 Å². The number of ether oxygens (including phenoxy) is 1. The van der Waals surface area contributed by atoms with Crippen molar-refractivity contribution in [2.75, 3.05) is 13.2 Å². The van der Waals surface area contributed by atoms with Gasteiger partial charge in [0.15, 0.2) is 0 Å². The number of hydrogen-bond donors (Lipinski definition) is 1. The average Bonchev–Trinajstić information content (AvgIpc) is 2.95. The molecule has 1 heterocycles. The van der Waals surface area contributed by atoms with E-state index < -0.39 is 0 Å². The molecule has 118 valence electrons. The number of benzene rings is 1. The van der Waals surface area contributed by atoms with Crippen LogP contribution in [0.2, 0.25) is 0 Å². The largest absolute Gasteiger partial charge is 0.494 e. The predicted octanol–water partition coefficient (Wildman–Crippen LogP) is 3.74. The smallest absolute Gasteiger partial charge is 0.254 e. The number of nitrogens with one attached hydrogen (secondary N) is 1. The Morgan fingerprint density at radius 2 is 2.00 bits per heavy atom. The molecule has 0 bridgehead atoms. The second-order valence-electron chi connectivity index (χ2n) is 5.24. The third-order valence-corrected chi connectivity index (χ3v) is 3.49. The molecule has 0 unspecified atom stereocenters. The van der Waals surface area contributed by atoms with Crippen molar-refractivity contribution in [1.29, 1.82) is 0 Å². The molecule has 2 rings (SSSR count). The van der Waals surface area contributed by atoms with Crippen LogP contribution in [-0.2, 0) is 6.42 Å². The van der Waals surface area contributed by atoms with Gasteiger partial charge in [-0.2, -0.15) is 0 Å². The maximum atomic E-state index is 11.9. The van der Waals surface area contributed by atoms with Crippen molar-refractivity contribution in [3.8, 4) is 5.75 Å². The molecule has 0 aliphatic carbocycles. The van der Waals surface area contributed by atoms with Crippen LogP contribution in [0.4, 0.5) is 0 Å². The van der Waals surface area contributed by atoms with E-state index in [0.717, 1.165) is 31.6 Å². The first-order valence-corrected chi connectivity index (χ1v) is 7.74. The minimum Gasteiger partial charge on any atom is -0.494 e. The number of aryl methyl sites for hydroxylation is 1. The zero-order valence-corrected chi connectivity index (χ0v) is 13.2. The van der Waals surface area contributed by atoms with E-state index in [4.69, 9.17) is 9.15 Å². The van der Waals surface area contributed by atoms with E-state index >= 15 is 0 Å². The van der Waals surface area contributed by atoms with E-state index in [1.165, 1.54) is 11.8 Å². The van der Waals surface area contributed by atoms with Crippen LogP contribution in [0.1, 0.15) is 41.4 Å². The van der Waals surface area contributed by atoms with Gasteiger partial charge in [0.2, 0.25) is 0 Å². The Bertz CT molecular complexity index is 587.